The molecule has 3 aromatic rings. The van der Waals surface area contributed by atoms with Gasteiger partial charge in [0.05, 0.1) is 12.1 Å². The number of rotatable bonds is 4. The normalized spacial score (nSPS) is 11.1. The van der Waals surface area contributed by atoms with Gasteiger partial charge in [-0.2, -0.15) is 0 Å². The highest BCUT2D eigenvalue weighted by molar-refractivity contribution is 5.83. The highest BCUT2D eigenvalue weighted by Crippen LogP contribution is 2.25. The van der Waals surface area contributed by atoms with E-state index in [2.05, 4.69) is 22.8 Å². The Morgan fingerprint density at radius 1 is 1.05 bits per heavy atom. The third-order valence-corrected chi connectivity index (χ3v) is 3.46. The molecule has 0 fully saturated rings. The summed E-state index contributed by atoms with van der Waals surface area (Å²) in [5, 5.41) is 10.7. The summed E-state index contributed by atoms with van der Waals surface area (Å²) in [6.07, 6.45) is 0.853. The minimum Gasteiger partial charge on any atom is -0.508 e. The summed E-state index contributed by atoms with van der Waals surface area (Å²) in [7, 11) is 1.72. The molecule has 0 saturated heterocycles. The van der Waals surface area contributed by atoms with E-state index >= 15 is 0 Å². The number of phenols is 1. The smallest absolute Gasteiger partial charge is 0.115 e. The fourth-order valence-corrected chi connectivity index (χ4v) is 2.51. The van der Waals surface area contributed by atoms with Crippen LogP contribution in [0.1, 0.15) is 5.69 Å². The number of nitrogens with zero attached hydrogens (tertiary/aromatic N) is 1. The van der Waals surface area contributed by atoms with Gasteiger partial charge < -0.3 is 14.4 Å². The van der Waals surface area contributed by atoms with Crippen LogP contribution in [-0.4, -0.2) is 23.4 Å². The summed E-state index contributed by atoms with van der Waals surface area (Å²) >= 11 is 0. The van der Waals surface area contributed by atoms with Crippen LogP contribution in [0.25, 0.3) is 16.6 Å². The first-order valence-corrected chi connectivity index (χ1v) is 6.67. The Bertz CT molecular complexity index is 713. The largest absolute Gasteiger partial charge is 0.508 e. The molecule has 2 aromatic carbocycles. The molecule has 0 radical (unpaired) electrons. The zero-order valence-corrected chi connectivity index (χ0v) is 11.4. The highest BCUT2D eigenvalue weighted by atomic mass is 16.5. The number of aromatic nitrogens is 1. The second-order valence-corrected chi connectivity index (χ2v) is 4.79. The van der Waals surface area contributed by atoms with Gasteiger partial charge in [0, 0.05) is 30.3 Å². The monoisotopic (exact) mass is 267 g/mol. The van der Waals surface area contributed by atoms with Gasteiger partial charge in [-0.05, 0) is 36.4 Å². The fourth-order valence-electron chi connectivity index (χ4n) is 2.51. The molecule has 0 amide bonds. The number of phenolic OH excluding ortho intramolecular Hbond substituents is 1. The predicted molar refractivity (Wildman–Crippen MR) is 80.5 cm³/mol. The van der Waals surface area contributed by atoms with E-state index in [0.29, 0.717) is 6.61 Å². The van der Waals surface area contributed by atoms with Crippen molar-refractivity contribution in [3.05, 3.63) is 60.3 Å². The molecule has 1 N–H and O–H groups in total. The molecule has 0 unspecified atom stereocenters. The Kier molecular flexibility index (Phi) is 3.44. The summed E-state index contributed by atoms with van der Waals surface area (Å²) in [4.78, 5) is 0. The van der Waals surface area contributed by atoms with Gasteiger partial charge in [0.25, 0.3) is 0 Å². The van der Waals surface area contributed by atoms with Gasteiger partial charge in [0.1, 0.15) is 5.75 Å². The molecule has 0 saturated carbocycles. The third kappa shape index (κ3) is 2.28. The van der Waals surface area contributed by atoms with Crippen LogP contribution in [0.4, 0.5) is 0 Å². The number of ether oxygens (including phenoxy) is 1. The van der Waals surface area contributed by atoms with Crippen LogP contribution in [0, 0.1) is 0 Å². The summed E-state index contributed by atoms with van der Waals surface area (Å²) in [5.41, 5.74) is 3.43. The number of hydrogen-bond donors (Lipinski definition) is 1. The van der Waals surface area contributed by atoms with Crippen molar-refractivity contribution < 1.29 is 9.84 Å². The van der Waals surface area contributed by atoms with Crippen molar-refractivity contribution in [1.82, 2.24) is 4.57 Å². The van der Waals surface area contributed by atoms with Crippen molar-refractivity contribution in [2.24, 2.45) is 0 Å². The Balaban J connectivity index is 2.17. The van der Waals surface area contributed by atoms with E-state index in [4.69, 9.17) is 4.74 Å². The second-order valence-electron chi connectivity index (χ2n) is 4.79. The fraction of sp³-hybridized carbons (Fsp3) is 0.176. The standard InChI is InChI=1S/C17H17NO2/c1-20-11-10-15-12-13-4-2-3-5-17(13)18(15)14-6-8-16(19)9-7-14/h2-9,12,19H,10-11H2,1H3. The lowest BCUT2D eigenvalue weighted by Crippen LogP contribution is -2.03. The maximum Gasteiger partial charge on any atom is 0.115 e. The van der Waals surface area contributed by atoms with E-state index < -0.39 is 0 Å². The van der Waals surface area contributed by atoms with Gasteiger partial charge in [-0.3, -0.25) is 0 Å². The summed E-state index contributed by atoms with van der Waals surface area (Å²) in [5.74, 6) is 0.281. The number of fused-ring (bicyclic) bond motifs is 1. The predicted octanol–water partition coefficient (Wildman–Crippen LogP) is 3.53. The van der Waals surface area contributed by atoms with E-state index in [1.165, 1.54) is 16.6 Å². The summed E-state index contributed by atoms with van der Waals surface area (Å²) < 4.78 is 7.41. The minimum atomic E-state index is 0.281. The molecule has 3 nitrogen and oxygen atoms in total. The van der Waals surface area contributed by atoms with Crippen LogP contribution in [0.2, 0.25) is 0 Å². The zero-order chi connectivity index (χ0) is 13.9. The first kappa shape index (κ1) is 12.8. The number of para-hydroxylation sites is 1. The molecule has 0 bridgehead atoms. The molecule has 0 aliphatic heterocycles. The van der Waals surface area contributed by atoms with Crippen molar-refractivity contribution in [2.75, 3.05) is 13.7 Å². The van der Waals surface area contributed by atoms with Crippen LogP contribution >= 0.6 is 0 Å². The number of benzene rings is 2. The molecule has 3 heteroatoms. The molecule has 0 aliphatic carbocycles. The van der Waals surface area contributed by atoms with Crippen LogP contribution in [0.3, 0.4) is 0 Å². The lowest BCUT2D eigenvalue weighted by Gasteiger charge is -2.11. The SMILES string of the molecule is COCCc1cc2ccccc2n1-c1ccc(O)cc1. The molecular weight excluding hydrogens is 250 g/mol. The maximum atomic E-state index is 9.45. The molecule has 3 rings (SSSR count). The van der Waals surface area contributed by atoms with Gasteiger partial charge in [0.15, 0.2) is 0 Å². The van der Waals surface area contributed by atoms with Gasteiger partial charge in [0.2, 0.25) is 0 Å². The van der Waals surface area contributed by atoms with Crippen molar-refractivity contribution in [2.45, 2.75) is 6.42 Å². The molecule has 102 valence electrons. The first-order valence-electron chi connectivity index (χ1n) is 6.67. The minimum absolute atomic E-state index is 0.281. The average molecular weight is 267 g/mol. The first-order chi connectivity index (χ1) is 9.79. The average Bonchev–Trinajstić information content (AvgIpc) is 2.84. The van der Waals surface area contributed by atoms with Crippen molar-refractivity contribution in [3.8, 4) is 11.4 Å². The van der Waals surface area contributed by atoms with E-state index in [0.717, 1.165) is 12.1 Å². The lowest BCUT2D eigenvalue weighted by atomic mass is 10.2. The molecule has 0 atom stereocenters. The second kappa shape index (κ2) is 5.39. The quantitative estimate of drug-likeness (QED) is 0.784. The molecule has 0 spiro atoms. The Morgan fingerprint density at radius 3 is 2.55 bits per heavy atom. The van der Waals surface area contributed by atoms with Crippen molar-refractivity contribution in [3.63, 3.8) is 0 Å². The summed E-state index contributed by atoms with van der Waals surface area (Å²) in [6.45, 7) is 0.689. The van der Waals surface area contributed by atoms with Crippen LogP contribution in [0.5, 0.6) is 5.75 Å². The van der Waals surface area contributed by atoms with Gasteiger partial charge in [-0.25, -0.2) is 0 Å². The van der Waals surface area contributed by atoms with Crippen LogP contribution in [-0.2, 0) is 11.2 Å². The van der Waals surface area contributed by atoms with E-state index in [-0.39, 0.29) is 5.75 Å². The van der Waals surface area contributed by atoms with Crippen molar-refractivity contribution >= 4 is 10.9 Å². The Labute approximate surface area is 118 Å². The van der Waals surface area contributed by atoms with E-state index in [1.54, 1.807) is 19.2 Å². The molecule has 1 aromatic heterocycles. The zero-order valence-electron chi connectivity index (χ0n) is 11.4. The highest BCUT2D eigenvalue weighted by Gasteiger charge is 2.10. The Hall–Kier alpha value is -2.26. The molecule has 1 heterocycles. The topological polar surface area (TPSA) is 34.4 Å². The number of methoxy groups -OCH3 is 1. The lowest BCUT2D eigenvalue weighted by molar-refractivity contribution is 0.201. The van der Waals surface area contributed by atoms with Gasteiger partial charge in [-0.1, -0.05) is 18.2 Å². The maximum absolute atomic E-state index is 9.45. The van der Waals surface area contributed by atoms with Crippen LogP contribution < -0.4 is 0 Å². The third-order valence-electron chi connectivity index (χ3n) is 3.46. The number of hydrogen-bond acceptors (Lipinski definition) is 2. The van der Waals surface area contributed by atoms with Crippen LogP contribution in [0.15, 0.2) is 54.6 Å². The molecular formula is C17H17NO2. The summed E-state index contributed by atoms with van der Waals surface area (Å²) in [6, 6.07) is 17.8. The van der Waals surface area contributed by atoms with Gasteiger partial charge >= 0.3 is 0 Å². The van der Waals surface area contributed by atoms with E-state index in [9.17, 15) is 5.11 Å². The molecule has 20 heavy (non-hydrogen) atoms. The van der Waals surface area contributed by atoms with Crippen molar-refractivity contribution in [1.29, 1.82) is 0 Å². The van der Waals surface area contributed by atoms with E-state index in [1.807, 2.05) is 24.3 Å². The number of aromatic hydroxyl groups is 1. The van der Waals surface area contributed by atoms with Gasteiger partial charge in [-0.15, -0.1) is 0 Å². The molecule has 0 aliphatic rings. The Morgan fingerprint density at radius 2 is 1.80 bits per heavy atom.